The molecule has 1 aliphatic rings. The number of nitrogens with zero attached hydrogens (tertiary/aromatic N) is 1. The molecular formula is C11H14BrN. The third-order valence-electron chi connectivity index (χ3n) is 2.66. The maximum absolute atomic E-state index is 3.52. The molecule has 1 nitrogen and oxygen atoms in total. The summed E-state index contributed by atoms with van der Waals surface area (Å²) in [5, 5.41) is 0. The van der Waals surface area contributed by atoms with E-state index in [4.69, 9.17) is 0 Å². The standard InChI is InChI=1S/C11H14BrN/c1-8-6-13(2)7-9-3-4-10(12)5-11(8)9/h3-5,8H,6-7H2,1-2H3. The second-order valence-electron chi connectivity index (χ2n) is 3.94. The lowest BCUT2D eigenvalue weighted by Gasteiger charge is -2.30. The van der Waals surface area contributed by atoms with Crippen molar-refractivity contribution >= 4 is 15.9 Å². The Labute approximate surface area is 87.9 Å². The molecule has 1 aromatic rings. The van der Waals surface area contributed by atoms with Crippen LogP contribution in [0.2, 0.25) is 0 Å². The number of benzene rings is 1. The molecule has 0 aromatic heterocycles. The molecule has 0 spiro atoms. The van der Waals surface area contributed by atoms with Crippen LogP contribution in [0.15, 0.2) is 22.7 Å². The largest absolute Gasteiger partial charge is 0.302 e. The maximum atomic E-state index is 3.52. The second-order valence-corrected chi connectivity index (χ2v) is 4.86. The lowest BCUT2D eigenvalue weighted by molar-refractivity contribution is 0.288. The fourth-order valence-corrected chi connectivity index (χ4v) is 2.47. The summed E-state index contributed by atoms with van der Waals surface area (Å²) in [5.41, 5.74) is 2.98. The predicted molar refractivity (Wildman–Crippen MR) is 58.9 cm³/mol. The van der Waals surface area contributed by atoms with Gasteiger partial charge >= 0.3 is 0 Å². The number of likely N-dealkylation sites (N-methyl/N-ethyl adjacent to an activating group) is 1. The summed E-state index contributed by atoms with van der Waals surface area (Å²) in [5.74, 6) is 0.659. The molecule has 1 atom stereocenters. The van der Waals surface area contributed by atoms with E-state index in [-0.39, 0.29) is 0 Å². The van der Waals surface area contributed by atoms with E-state index in [1.54, 1.807) is 0 Å². The van der Waals surface area contributed by atoms with Crippen LogP contribution in [0, 0.1) is 0 Å². The monoisotopic (exact) mass is 239 g/mol. The highest BCUT2D eigenvalue weighted by molar-refractivity contribution is 9.10. The first-order chi connectivity index (χ1) is 6.16. The lowest BCUT2D eigenvalue weighted by atomic mass is 9.92. The van der Waals surface area contributed by atoms with Gasteiger partial charge < -0.3 is 4.90 Å². The quantitative estimate of drug-likeness (QED) is 0.673. The SMILES string of the molecule is CC1CN(C)Cc2ccc(Br)cc21. The highest BCUT2D eigenvalue weighted by atomic mass is 79.9. The first-order valence-corrected chi connectivity index (χ1v) is 5.43. The molecule has 1 aromatic carbocycles. The van der Waals surface area contributed by atoms with Crippen molar-refractivity contribution in [3.8, 4) is 0 Å². The van der Waals surface area contributed by atoms with Crippen LogP contribution in [-0.2, 0) is 6.54 Å². The van der Waals surface area contributed by atoms with E-state index in [0.29, 0.717) is 5.92 Å². The molecule has 1 unspecified atom stereocenters. The van der Waals surface area contributed by atoms with Crippen molar-refractivity contribution in [3.05, 3.63) is 33.8 Å². The van der Waals surface area contributed by atoms with Gasteiger partial charge in [0.15, 0.2) is 0 Å². The molecule has 13 heavy (non-hydrogen) atoms. The van der Waals surface area contributed by atoms with Crippen molar-refractivity contribution in [3.63, 3.8) is 0 Å². The van der Waals surface area contributed by atoms with Gasteiger partial charge in [-0.25, -0.2) is 0 Å². The second kappa shape index (κ2) is 3.43. The van der Waals surface area contributed by atoms with Gasteiger partial charge in [-0.3, -0.25) is 0 Å². The summed E-state index contributed by atoms with van der Waals surface area (Å²) >= 11 is 3.52. The van der Waals surface area contributed by atoms with Gasteiger partial charge in [0.1, 0.15) is 0 Å². The van der Waals surface area contributed by atoms with Gasteiger partial charge in [0, 0.05) is 17.6 Å². The molecular weight excluding hydrogens is 226 g/mol. The molecule has 70 valence electrons. The first kappa shape index (κ1) is 9.22. The Hall–Kier alpha value is -0.340. The summed E-state index contributed by atoms with van der Waals surface area (Å²) in [7, 11) is 2.18. The lowest BCUT2D eigenvalue weighted by Crippen LogP contribution is -2.28. The molecule has 0 saturated carbocycles. The van der Waals surface area contributed by atoms with Crippen LogP contribution in [0.3, 0.4) is 0 Å². The van der Waals surface area contributed by atoms with Crippen molar-refractivity contribution in [1.29, 1.82) is 0 Å². The average molecular weight is 240 g/mol. The van der Waals surface area contributed by atoms with E-state index < -0.39 is 0 Å². The van der Waals surface area contributed by atoms with Gasteiger partial charge in [-0.1, -0.05) is 28.9 Å². The molecule has 0 N–H and O–H groups in total. The summed E-state index contributed by atoms with van der Waals surface area (Å²) in [6, 6.07) is 6.61. The van der Waals surface area contributed by atoms with Gasteiger partial charge in [0.25, 0.3) is 0 Å². The minimum atomic E-state index is 0.659. The number of rotatable bonds is 0. The molecule has 1 aliphatic heterocycles. The Balaban J connectivity index is 2.43. The Morgan fingerprint density at radius 2 is 2.23 bits per heavy atom. The fourth-order valence-electron chi connectivity index (χ4n) is 2.09. The zero-order valence-electron chi connectivity index (χ0n) is 8.05. The van der Waals surface area contributed by atoms with Crippen LogP contribution >= 0.6 is 15.9 Å². The van der Waals surface area contributed by atoms with E-state index in [1.807, 2.05) is 0 Å². The molecule has 0 bridgehead atoms. The van der Waals surface area contributed by atoms with E-state index >= 15 is 0 Å². The van der Waals surface area contributed by atoms with Crippen LogP contribution < -0.4 is 0 Å². The van der Waals surface area contributed by atoms with Crippen molar-refractivity contribution in [1.82, 2.24) is 4.90 Å². The van der Waals surface area contributed by atoms with Crippen molar-refractivity contribution in [2.75, 3.05) is 13.6 Å². The van der Waals surface area contributed by atoms with Crippen LogP contribution in [0.5, 0.6) is 0 Å². The Bertz CT molecular complexity index is 322. The predicted octanol–water partition coefficient (Wildman–Crippen LogP) is 3.00. The molecule has 0 fully saturated rings. The van der Waals surface area contributed by atoms with Crippen LogP contribution in [0.4, 0.5) is 0 Å². The van der Waals surface area contributed by atoms with Gasteiger partial charge in [0.2, 0.25) is 0 Å². The number of hydrogen-bond donors (Lipinski definition) is 0. The normalized spacial score (nSPS) is 22.8. The molecule has 0 amide bonds. The van der Waals surface area contributed by atoms with Crippen LogP contribution in [-0.4, -0.2) is 18.5 Å². The van der Waals surface area contributed by atoms with Gasteiger partial charge in [-0.2, -0.15) is 0 Å². The number of halogens is 1. The van der Waals surface area contributed by atoms with E-state index in [0.717, 1.165) is 6.54 Å². The van der Waals surface area contributed by atoms with Crippen LogP contribution in [0.25, 0.3) is 0 Å². The minimum absolute atomic E-state index is 0.659. The topological polar surface area (TPSA) is 3.24 Å². The van der Waals surface area contributed by atoms with Crippen molar-refractivity contribution in [2.24, 2.45) is 0 Å². The molecule has 1 heterocycles. The van der Waals surface area contributed by atoms with Crippen molar-refractivity contribution in [2.45, 2.75) is 19.4 Å². The molecule has 0 saturated heterocycles. The Kier molecular flexibility index (Phi) is 2.43. The smallest absolute Gasteiger partial charge is 0.0233 e. The van der Waals surface area contributed by atoms with Gasteiger partial charge in [-0.05, 0) is 36.2 Å². The van der Waals surface area contributed by atoms with Gasteiger partial charge in [-0.15, -0.1) is 0 Å². The molecule has 2 heteroatoms. The summed E-state index contributed by atoms with van der Waals surface area (Å²) in [4.78, 5) is 2.38. The van der Waals surface area contributed by atoms with E-state index in [9.17, 15) is 0 Å². The van der Waals surface area contributed by atoms with Gasteiger partial charge in [0.05, 0.1) is 0 Å². The highest BCUT2D eigenvalue weighted by Gasteiger charge is 2.19. The first-order valence-electron chi connectivity index (χ1n) is 4.63. The molecule has 2 rings (SSSR count). The summed E-state index contributed by atoms with van der Waals surface area (Å²) in [6.45, 7) is 4.55. The molecule has 0 radical (unpaired) electrons. The minimum Gasteiger partial charge on any atom is -0.302 e. The van der Waals surface area contributed by atoms with Crippen molar-refractivity contribution < 1.29 is 0 Å². The van der Waals surface area contributed by atoms with Crippen LogP contribution in [0.1, 0.15) is 24.0 Å². The van der Waals surface area contributed by atoms with E-state index in [1.165, 1.54) is 22.1 Å². The Morgan fingerprint density at radius 3 is 3.00 bits per heavy atom. The third-order valence-corrected chi connectivity index (χ3v) is 3.16. The highest BCUT2D eigenvalue weighted by Crippen LogP contribution is 2.29. The fraction of sp³-hybridized carbons (Fsp3) is 0.455. The number of fused-ring (bicyclic) bond motifs is 1. The summed E-state index contributed by atoms with van der Waals surface area (Å²) < 4.78 is 1.20. The Morgan fingerprint density at radius 1 is 1.46 bits per heavy atom. The zero-order valence-corrected chi connectivity index (χ0v) is 9.63. The third kappa shape index (κ3) is 1.79. The van der Waals surface area contributed by atoms with E-state index in [2.05, 4.69) is 53.0 Å². The summed E-state index contributed by atoms with van der Waals surface area (Å²) in [6.07, 6.45) is 0. The maximum Gasteiger partial charge on any atom is 0.0233 e. The zero-order chi connectivity index (χ0) is 9.42. The molecule has 0 aliphatic carbocycles. The average Bonchev–Trinajstić information content (AvgIpc) is 2.06. The number of hydrogen-bond acceptors (Lipinski definition) is 1.